The molecule has 3 nitrogen and oxygen atoms in total. The van der Waals surface area contributed by atoms with E-state index in [2.05, 4.69) is 0 Å². The van der Waals surface area contributed by atoms with Crippen molar-refractivity contribution in [1.82, 2.24) is 4.90 Å². The van der Waals surface area contributed by atoms with Crippen LogP contribution in [0.4, 0.5) is 0 Å². The van der Waals surface area contributed by atoms with Crippen molar-refractivity contribution in [1.29, 1.82) is 0 Å². The molecule has 1 amide bonds. The molecule has 0 aromatic rings. The van der Waals surface area contributed by atoms with Crippen LogP contribution in [0.15, 0.2) is 0 Å². The standard InChI is InChI=1S/C8H12INO2/c1-5-3-4-7(8(9)12)10(5)6(2)11/h5,7H,3-4H2,1-2H3/t5-,7+/m1/s1. The van der Waals surface area contributed by atoms with Gasteiger partial charge in [-0.05, 0) is 19.8 Å². The second-order valence-electron chi connectivity index (χ2n) is 3.17. The Balaban J connectivity index is 2.77. The topological polar surface area (TPSA) is 37.4 Å². The summed E-state index contributed by atoms with van der Waals surface area (Å²) >= 11 is 1.77. The Morgan fingerprint density at radius 2 is 2.00 bits per heavy atom. The lowest BCUT2D eigenvalue weighted by atomic mass is 10.2. The molecule has 1 saturated heterocycles. The summed E-state index contributed by atoms with van der Waals surface area (Å²) in [6.45, 7) is 3.51. The molecule has 0 aromatic heterocycles. The average Bonchev–Trinajstić information content (AvgIpc) is 2.30. The number of hydrogen-bond donors (Lipinski definition) is 0. The van der Waals surface area contributed by atoms with Crippen molar-refractivity contribution in [2.24, 2.45) is 0 Å². The Bertz CT molecular complexity index is 217. The van der Waals surface area contributed by atoms with E-state index in [1.54, 1.807) is 27.5 Å². The lowest BCUT2D eigenvalue weighted by Crippen LogP contribution is -2.41. The van der Waals surface area contributed by atoms with E-state index in [-0.39, 0.29) is 21.8 Å². The second-order valence-corrected chi connectivity index (χ2v) is 4.24. The van der Waals surface area contributed by atoms with Gasteiger partial charge in [-0.2, -0.15) is 0 Å². The van der Waals surface area contributed by atoms with Crippen LogP contribution in [-0.2, 0) is 9.59 Å². The number of hydrogen-bond acceptors (Lipinski definition) is 2. The molecule has 0 unspecified atom stereocenters. The molecule has 0 radical (unpaired) electrons. The number of carbonyl (C=O) groups excluding carboxylic acids is 2. The van der Waals surface area contributed by atoms with Crippen LogP contribution in [0.3, 0.4) is 0 Å². The first kappa shape index (κ1) is 9.95. The van der Waals surface area contributed by atoms with Gasteiger partial charge in [0.2, 0.25) is 9.70 Å². The maximum absolute atomic E-state index is 11.1. The summed E-state index contributed by atoms with van der Waals surface area (Å²) in [5.41, 5.74) is 0. The first-order valence-electron chi connectivity index (χ1n) is 4.02. The summed E-state index contributed by atoms with van der Waals surface area (Å²) in [6.07, 6.45) is 1.77. The first-order chi connectivity index (χ1) is 5.54. The van der Waals surface area contributed by atoms with Crippen LogP contribution in [0, 0.1) is 0 Å². The van der Waals surface area contributed by atoms with E-state index in [0.717, 1.165) is 12.8 Å². The summed E-state index contributed by atoms with van der Waals surface area (Å²) in [7, 11) is 0. The minimum atomic E-state index is -0.168. The van der Waals surface area contributed by atoms with E-state index in [1.165, 1.54) is 6.92 Å². The van der Waals surface area contributed by atoms with Crippen molar-refractivity contribution < 1.29 is 9.59 Å². The molecule has 0 aromatic carbocycles. The zero-order valence-electron chi connectivity index (χ0n) is 7.21. The van der Waals surface area contributed by atoms with Gasteiger partial charge in [-0.1, -0.05) is 0 Å². The van der Waals surface area contributed by atoms with E-state index in [0.29, 0.717) is 0 Å². The summed E-state index contributed by atoms with van der Waals surface area (Å²) in [6, 6.07) is 0.0596. The van der Waals surface area contributed by atoms with Crippen molar-refractivity contribution in [3.8, 4) is 0 Å². The van der Waals surface area contributed by atoms with Gasteiger partial charge < -0.3 is 4.90 Å². The fraction of sp³-hybridized carbons (Fsp3) is 0.750. The molecule has 1 heterocycles. The highest BCUT2D eigenvalue weighted by Crippen LogP contribution is 2.25. The molecule has 1 aliphatic rings. The van der Waals surface area contributed by atoms with Crippen LogP contribution in [0.2, 0.25) is 0 Å². The molecule has 0 bridgehead atoms. The summed E-state index contributed by atoms with van der Waals surface area (Å²) in [5.74, 6) is 0.00927. The number of carbonyl (C=O) groups is 2. The average molecular weight is 281 g/mol. The zero-order chi connectivity index (χ0) is 9.30. The van der Waals surface area contributed by atoms with Crippen LogP contribution in [0.1, 0.15) is 26.7 Å². The molecule has 68 valence electrons. The third-order valence-electron chi connectivity index (χ3n) is 2.29. The molecular formula is C8H12INO2. The zero-order valence-corrected chi connectivity index (χ0v) is 9.37. The van der Waals surface area contributed by atoms with Crippen LogP contribution in [0.5, 0.6) is 0 Å². The number of rotatable bonds is 1. The van der Waals surface area contributed by atoms with Crippen LogP contribution in [-0.4, -0.2) is 26.7 Å². The highest BCUT2D eigenvalue weighted by Gasteiger charge is 2.35. The smallest absolute Gasteiger partial charge is 0.220 e. The van der Waals surface area contributed by atoms with E-state index >= 15 is 0 Å². The van der Waals surface area contributed by atoms with Crippen LogP contribution in [0.25, 0.3) is 0 Å². The van der Waals surface area contributed by atoms with Gasteiger partial charge in [0.15, 0.2) is 0 Å². The van der Waals surface area contributed by atoms with Crippen molar-refractivity contribution >= 4 is 32.3 Å². The molecule has 1 aliphatic heterocycles. The Morgan fingerprint density at radius 1 is 1.42 bits per heavy atom. The van der Waals surface area contributed by atoms with E-state index in [9.17, 15) is 9.59 Å². The molecule has 1 fully saturated rings. The fourth-order valence-corrected chi connectivity index (χ4v) is 2.35. The van der Waals surface area contributed by atoms with Crippen molar-refractivity contribution in [2.45, 2.75) is 38.8 Å². The molecule has 1 rings (SSSR count). The Labute approximate surface area is 85.6 Å². The van der Waals surface area contributed by atoms with E-state index < -0.39 is 0 Å². The quantitative estimate of drug-likeness (QED) is 0.537. The Morgan fingerprint density at radius 3 is 2.33 bits per heavy atom. The van der Waals surface area contributed by atoms with Gasteiger partial charge in [0.1, 0.15) is 6.04 Å². The predicted octanol–water partition coefficient (Wildman–Crippen LogP) is 1.35. The van der Waals surface area contributed by atoms with Crippen molar-refractivity contribution in [3.63, 3.8) is 0 Å². The second kappa shape index (κ2) is 3.72. The van der Waals surface area contributed by atoms with E-state index in [1.807, 2.05) is 6.92 Å². The van der Waals surface area contributed by atoms with Gasteiger partial charge in [0.25, 0.3) is 0 Å². The minimum absolute atomic E-state index is 0.00927. The third-order valence-corrected chi connectivity index (χ3v) is 3.01. The van der Waals surface area contributed by atoms with Crippen molar-refractivity contribution in [2.75, 3.05) is 0 Å². The van der Waals surface area contributed by atoms with Gasteiger partial charge in [0.05, 0.1) is 0 Å². The number of likely N-dealkylation sites (tertiary alicyclic amines) is 1. The van der Waals surface area contributed by atoms with Gasteiger partial charge in [-0.3, -0.25) is 9.59 Å². The first-order valence-corrected chi connectivity index (χ1v) is 5.10. The van der Waals surface area contributed by atoms with Gasteiger partial charge in [-0.15, -0.1) is 0 Å². The molecule has 0 saturated carbocycles. The maximum Gasteiger partial charge on any atom is 0.220 e. The molecule has 0 spiro atoms. The molecule has 2 atom stereocenters. The van der Waals surface area contributed by atoms with Gasteiger partial charge >= 0.3 is 0 Å². The fourth-order valence-electron chi connectivity index (χ4n) is 1.74. The summed E-state index contributed by atoms with van der Waals surface area (Å²) in [4.78, 5) is 23.9. The van der Waals surface area contributed by atoms with Crippen molar-refractivity contribution in [3.05, 3.63) is 0 Å². The minimum Gasteiger partial charge on any atom is -0.329 e. The lowest BCUT2D eigenvalue weighted by Gasteiger charge is -2.24. The third kappa shape index (κ3) is 1.78. The monoisotopic (exact) mass is 281 g/mol. The van der Waals surface area contributed by atoms with Gasteiger partial charge in [0, 0.05) is 35.6 Å². The predicted molar refractivity (Wildman–Crippen MR) is 54.0 cm³/mol. The van der Waals surface area contributed by atoms with Crippen LogP contribution >= 0.6 is 22.6 Å². The number of amides is 1. The Hall–Kier alpha value is -0.130. The largest absolute Gasteiger partial charge is 0.329 e. The van der Waals surface area contributed by atoms with Crippen LogP contribution < -0.4 is 0 Å². The molecule has 12 heavy (non-hydrogen) atoms. The summed E-state index contributed by atoms with van der Waals surface area (Å²) in [5, 5.41) is 0. The van der Waals surface area contributed by atoms with Gasteiger partial charge in [-0.25, -0.2) is 0 Å². The maximum atomic E-state index is 11.1. The molecular weight excluding hydrogens is 269 g/mol. The highest BCUT2D eigenvalue weighted by molar-refractivity contribution is 14.1. The Kier molecular flexibility index (Phi) is 3.09. The SMILES string of the molecule is CC(=O)N1[C@H](C)CC[C@H]1C(=O)I. The number of nitrogens with zero attached hydrogens (tertiary/aromatic N) is 1. The normalized spacial score (nSPS) is 29.1. The summed E-state index contributed by atoms with van der Waals surface area (Å²) < 4.78 is 0.0761. The number of halogens is 1. The molecule has 0 aliphatic carbocycles. The molecule has 0 N–H and O–H groups in total. The van der Waals surface area contributed by atoms with E-state index in [4.69, 9.17) is 0 Å². The highest BCUT2D eigenvalue weighted by atomic mass is 127. The lowest BCUT2D eigenvalue weighted by molar-refractivity contribution is -0.134. The molecule has 4 heteroatoms.